The SMILES string of the molecule is CCC1CC(NC(=O)Cc2ncc(C)o2)C1. The summed E-state index contributed by atoms with van der Waals surface area (Å²) in [6.45, 7) is 4.02. The van der Waals surface area contributed by atoms with E-state index in [1.54, 1.807) is 6.20 Å². The number of hydrogen-bond donors (Lipinski definition) is 1. The zero-order chi connectivity index (χ0) is 11.5. The number of rotatable bonds is 4. The number of nitrogens with zero attached hydrogens (tertiary/aromatic N) is 1. The van der Waals surface area contributed by atoms with E-state index in [2.05, 4.69) is 17.2 Å². The Morgan fingerprint density at radius 2 is 2.38 bits per heavy atom. The molecule has 1 heterocycles. The number of hydrogen-bond acceptors (Lipinski definition) is 3. The van der Waals surface area contributed by atoms with Gasteiger partial charge in [-0.15, -0.1) is 0 Å². The van der Waals surface area contributed by atoms with Crippen LogP contribution < -0.4 is 5.32 Å². The summed E-state index contributed by atoms with van der Waals surface area (Å²) in [7, 11) is 0. The third-order valence-electron chi connectivity index (χ3n) is 3.16. The molecule has 2 rings (SSSR count). The highest BCUT2D eigenvalue weighted by Gasteiger charge is 2.28. The summed E-state index contributed by atoms with van der Waals surface area (Å²) >= 11 is 0. The van der Waals surface area contributed by atoms with Crippen molar-refractivity contribution in [3.8, 4) is 0 Å². The van der Waals surface area contributed by atoms with Gasteiger partial charge in [-0.1, -0.05) is 13.3 Å². The molecule has 0 bridgehead atoms. The summed E-state index contributed by atoms with van der Waals surface area (Å²) in [6, 6.07) is 0.369. The number of nitrogens with one attached hydrogen (secondary N) is 1. The van der Waals surface area contributed by atoms with Gasteiger partial charge in [0.25, 0.3) is 0 Å². The van der Waals surface area contributed by atoms with E-state index in [9.17, 15) is 4.79 Å². The molecule has 0 aromatic carbocycles. The molecule has 1 aliphatic rings. The first-order valence-electron chi connectivity index (χ1n) is 5.88. The lowest BCUT2D eigenvalue weighted by Gasteiger charge is -2.35. The van der Waals surface area contributed by atoms with Gasteiger partial charge in [-0.2, -0.15) is 0 Å². The average molecular weight is 222 g/mol. The molecule has 1 aromatic heterocycles. The Hall–Kier alpha value is -1.32. The van der Waals surface area contributed by atoms with Crippen LogP contribution in [0.2, 0.25) is 0 Å². The first kappa shape index (κ1) is 11.2. The van der Waals surface area contributed by atoms with Gasteiger partial charge in [0, 0.05) is 6.04 Å². The highest BCUT2D eigenvalue weighted by atomic mass is 16.4. The van der Waals surface area contributed by atoms with Gasteiger partial charge in [-0.05, 0) is 25.7 Å². The first-order chi connectivity index (χ1) is 7.67. The van der Waals surface area contributed by atoms with Crippen LogP contribution in [-0.4, -0.2) is 16.9 Å². The van der Waals surface area contributed by atoms with Crippen molar-refractivity contribution in [2.75, 3.05) is 0 Å². The minimum absolute atomic E-state index is 0.0152. The Morgan fingerprint density at radius 3 is 2.94 bits per heavy atom. The number of carbonyl (C=O) groups excluding carboxylic acids is 1. The molecule has 0 spiro atoms. The summed E-state index contributed by atoms with van der Waals surface area (Å²) in [5.74, 6) is 2.06. The lowest BCUT2D eigenvalue weighted by atomic mass is 9.78. The van der Waals surface area contributed by atoms with Gasteiger partial charge in [-0.25, -0.2) is 4.98 Å². The molecule has 1 aliphatic carbocycles. The normalized spacial score (nSPS) is 23.9. The van der Waals surface area contributed by atoms with Gasteiger partial charge in [-0.3, -0.25) is 4.79 Å². The quantitative estimate of drug-likeness (QED) is 0.845. The molecule has 0 unspecified atom stereocenters. The molecule has 4 heteroatoms. The fourth-order valence-electron chi connectivity index (χ4n) is 2.09. The minimum Gasteiger partial charge on any atom is -0.445 e. The topological polar surface area (TPSA) is 55.1 Å². The number of aryl methyl sites for hydroxylation is 1. The van der Waals surface area contributed by atoms with Gasteiger partial charge in [0.15, 0.2) is 0 Å². The van der Waals surface area contributed by atoms with Gasteiger partial charge in [0.1, 0.15) is 12.2 Å². The molecule has 0 radical (unpaired) electrons. The summed E-state index contributed by atoms with van der Waals surface area (Å²) in [5.41, 5.74) is 0. The largest absolute Gasteiger partial charge is 0.445 e. The zero-order valence-electron chi connectivity index (χ0n) is 9.82. The molecule has 1 fully saturated rings. The third kappa shape index (κ3) is 2.62. The molecule has 1 saturated carbocycles. The Labute approximate surface area is 95.4 Å². The molecule has 0 saturated heterocycles. The molecule has 0 aliphatic heterocycles. The lowest BCUT2D eigenvalue weighted by Crippen LogP contribution is -2.44. The Kier molecular flexibility index (Phi) is 3.27. The van der Waals surface area contributed by atoms with Crippen molar-refractivity contribution in [2.24, 2.45) is 5.92 Å². The van der Waals surface area contributed by atoms with Gasteiger partial charge in [0.2, 0.25) is 11.8 Å². The second-order valence-electron chi connectivity index (χ2n) is 4.55. The second-order valence-corrected chi connectivity index (χ2v) is 4.55. The van der Waals surface area contributed by atoms with Crippen molar-refractivity contribution in [2.45, 2.75) is 45.6 Å². The van der Waals surface area contributed by atoms with Crippen LogP contribution in [0, 0.1) is 12.8 Å². The third-order valence-corrected chi connectivity index (χ3v) is 3.16. The van der Waals surface area contributed by atoms with Crippen LogP contribution in [-0.2, 0) is 11.2 Å². The van der Waals surface area contributed by atoms with Crippen molar-refractivity contribution in [1.29, 1.82) is 0 Å². The Morgan fingerprint density at radius 1 is 1.62 bits per heavy atom. The molecule has 88 valence electrons. The molecule has 16 heavy (non-hydrogen) atoms. The fraction of sp³-hybridized carbons (Fsp3) is 0.667. The van der Waals surface area contributed by atoms with E-state index in [4.69, 9.17) is 4.42 Å². The smallest absolute Gasteiger partial charge is 0.229 e. The van der Waals surface area contributed by atoms with E-state index in [-0.39, 0.29) is 12.3 Å². The number of carbonyl (C=O) groups is 1. The van der Waals surface area contributed by atoms with Crippen LogP contribution >= 0.6 is 0 Å². The average Bonchev–Trinajstić information content (AvgIpc) is 2.57. The van der Waals surface area contributed by atoms with Crippen LogP contribution in [0.3, 0.4) is 0 Å². The lowest BCUT2D eigenvalue weighted by molar-refractivity contribution is -0.122. The van der Waals surface area contributed by atoms with Crippen molar-refractivity contribution >= 4 is 5.91 Å². The van der Waals surface area contributed by atoms with E-state index >= 15 is 0 Å². The molecule has 1 amide bonds. The van der Waals surface area contributed by atoms with Crippen molar-refractivity contribution in [3.05, 3.63) is 17.8 Å². The highest BCUT2D eigenvalue weighted by Crippen LogP contribution is 2.29. The summed E-state index contributed by atoms with van der Waals surface area (Å²) in [5, 5.41) is 3.00. The summed E-state index contributed by atoms with van der Waals surface area (Å²) in [4.78, 5) is 15.6. The molecule has 4 nitrogen and oxygen atoms in total. The van der Waals surface area contributed by atoms with E-state index in [0.717, 1.165) is 24.5 Å². The van der Waals surface area contributed by atoms with E-state index in [0.29, 0.717) is 11.9 Å². The fourth-order valence-corrected chi connectivity index (χ4v) is 2.09. The van der Waals surface area contributed by atoms with Gasteiger partial charge in [0.05, 0.1) is 6.20 Å². The van der Waals surface area contributed by atoms with E-state index in [1.165, 1.54) is 6.42 Å². The Balaban J connectivity index is 1.73. The number of oxazole rings is 1. The maximum absolute atomic E-state index is 11.6. The maximum atomic E-state index is 11.6. The van der Waals surface area contributed by atoms with E-state index in [1.807, 2.05) is 6.92 Å². The zero-order valence-corrected chi connectivity index (χ0v) is 9.82. The van der Waals surface area contributed by atoms with Crippen LogP contribution in [0.4, 0.5) is 0 Å². The molecule has 1 aromatic rings. The second kappa shape index (κ2) is 4.68. The molecule has 0 atom stereocenters. The predicted molar refractivity (Wildman–Crippen MR) is 59.9 cm³/mol. The molecular weight excluding hydrogens is 204 g/mol. The first-order valence-corrected chi connectivity index (χ1v) is 5.88. The monoisotopic (exact) mass is 222 g/mol. The van der Waals surface area contributed by atoms with Gasteiger partial charge >= 0.3 is 0 Å². The molecular formula is C12H18N2O2. The maximum Gasteiger partial charge on any atom is 0.229 e. The minimum atomic E-state index is 0.0152. The van der Waals surface area contributed by atoms with Crippen molar-refractivity contribution < 1.29 is 9.21 Å². The van der Waals surface area contributed by atoms with Crippen LogP contribution in [0.5, 0.6) is 0 Å². The van der Waals surface area contributed by atoms with Crippen LogP contribution in [0.1, 0.15) is 37.8 Å². The van der Waals surface area contributed by atoms with Crippen molar-refractivity contribution in [1.82, 2.24) is 10.3 Å². The van der Waals surface area contributed by atoms with E-state index < -0.39 is 0 Å². The number of amides is 1. The highest BCUT2D eigenvalue weighted by molar-refractivity contribution is 5.78. The standard InChI is InChI=1S/C12H18N2O2/c1-3-9-4-10(5-9)14-11(15)6-12-13-7-8(2)16-12/h7,9-10H,3-6H2,1-2H3,(H,14,15). The van der Waals surface area contributed by atoms with Crippen molar-refractivity contribution in [3.63, 3.8) is 0 Å². The Bertz CT molecular complexity index is 367. The van der Waals surface area contributed by atoms with Crippen LogP contribution in [0.25, 0.3) is 0 Å². The predicted octanol–water partition coefficient (Wildman–Crippen LogP) is 1.83. The van der Waals surface area contributed by atoms with Crippen LogP contribution in [0.15, 0.2) is 10.6 Å². The summed E-state index contributed by atoms with van der Waals surface area (Å²) in [6.07, 6.45) is 5.34. The number of aromatic nitrogens is 1. The molecule has 1 N–H and O–H groups in total. The van der Waals surface area contributed by atoms with Gasteiger partial charge < -0.3 is 9.73 Å². The summed E-state index contributed by atoms with van der Waals surface area (Å²) < 4.78 is 5.26.